The molecule has 0 aliphatic rings. The van der Waals surface area contributed by atoms with Gasteiger partial charge in [0.05, 0.1) is 5.75 Å². The third kappa shape index (κ3) is 9.38. The summed E-state index contributed by atoms with van der Waals surface area (Å²) in [5.74, 6) is -0.368. The van der Waals surface area contributed by atoms with Crippen molar-refractivity contribution in [1.29, 1.82) is 0 Å². The minimum atomic E-state index is -3.79. The van der Waals surface area contributed by atoms with Gasteiger partial charge in [0.1, 0.15) is 0 Å². The number of rotatable bonds is 2. The van der Waals surface area contributed by atoms with Crippen molar-refractivity contribution in [3.05, 3.63) is 12.7 Å². The highest BCUT2D eigenvalue weighted by molar-refractivity contribution is 7.85. The average molecular weight is 156 g/mol. The molecule has 0 atom stereocenters. The molecule has 0 fully saturated rings. The molecule has 0 radical (unpaired) electrons. The van der Waals surface area contributed by atoms with E-state index in [0.29, 0.717) is 0 Å². The van der Waals surface area contributed by atoms with Gasteiger partial charge in [-0.15, -0.1) is 6.58 Å². The van der Waals surface area contributed by atoms with E-state index in [4.69, 9.17) is 4.55 Å². The van der Waals surface area contributed by atoms with Gasteiger partial charge in [0.2, 0.25) is 0 Å². The Morgan fingerprint density at radius 1 is 1.62 bits per heavy atom. The normalized spacial score (nSPS) is 9.62. The number of hydrogen-bond acceptors (Lipinski definition) is 2. The molecule has 3 nitrogen and oxygen atoms in total. The van der Waals surface area contributed by atoms with Gasteiger partial charge in [-0.2, -0.15) is 21.9 Å². The fourth-order valence-electron chi connectivity index (χ4n) is 0.149. The quantitative estimate of drug-likeness (QED) is 0.458. The molecule has 50 valence electrons. The lowest BCUT2D eigenvalue weighted by Crippen LogP contribution is -1.99. The lowest BCUT2D eigenvalue weighted by Gasteiger charge is -1.82. The van der Waals surface area contributed by atoms with E-state index in [0.717, 1.165) is 6.08 Å². The zero-order valence-corrected chi connectivity index (χ0v) is 5.98. The maximum absolute atomic E-state index is 9.72. The van der Waals surface area contributed by atoms with E-state index >= 15 is 0 Å². The van der Waals surface area contributed by atoms with Gasteiger partial charge in [0, 0.05) is 0 Å². The monoisotopic (exact) mass is 156 g/mol. The molecule has 1 N–H and O–H groups in total. The van der Waals surface area contributed by atoms with Gasteiger partial charge in [-0.3, -0.25) is 4.55 Å². The zero-order chi connectivity index (χ0) is 5.91. The molecule has 0 aliphatic carbocycles. The molecular formula is C3H8O3S2. The minimum absolute atomic E-state index is 0. The van der Waals surface area contributed by atoms with E-state index in [9.17, 15) is 8.42 Å². The van der Waals surface area contributed by atoms with Crippen molar-refractivity contribution in [3.8, 4) is 0 Å². The maximum Gasteiger partial charge on any atom is 0.268 e. The van der Waals surface area contributed by atoms with E-state index < -0.39 is 10.1 Å². The standard InChI is InChI=1S/C3H6O3S.H2S/c1-2-3-7(4,5)6;/h2H,1,3H2,(H,4,5,6);1H2. The summed E-state index contributed by atoms with van der Waals surface area (Å²) in [6.45, 7) is 3.11. The van der Waals surface area contributed by atoms with Gasteiger partial charge in [-0.1, -0.05) is 6.08 Å². The first-order valence-electron chi connectivity index (χ1n) is 1.62. The Labute approximate surface area is 55.6 Å². The van der Waals surface area contributed by atoms with Crippen LogP contribution < -0.4 is 0 Å². The Balaban J connectivity index is 0. The Hall–Kier alpha value is -0.0000000000000000555. The first kappa shape index (κ1) is 10.9. The van der Waals surface area contributed by atoms with Gasteiger partial charge < -0.3 is 0 Å². The Morgan fingerprint density at radius 3 is 2.00 bits per heavy atom. The van der Waals surface area contributed by atoms with Crippen molar-refractivity contribution >= 4 is 23.6 Å². The van der Waals surface area contributed by atoms with Crippen molar-refractivity contribution in [2.75, 3.05) is 5.75 Å². The highest BCUT2D eigenvalue weighted by Gasteiger charge is 1.95. The number of hydrogen-bond donors (Lipinski definition) is 1. The van der Waals surface area contributed by atoms with Crippen LogP contribution in [0.4, 0.5) is 0 Å². The first-order valence-corrected chi connectivity index (χ1v) is 3.23. The van der Waals surface area contributed by atoms with E-state index in [1.807, 2.05) is 0 Å². The topological polar surface area (TPSA) is 54.4 Å². The highest BCUT2D eigenvalue weighted by atomic mass is 32.2. The van der Waals surface area contributed by atoms with Crippen LogP contribution in [0.5, 0.6) is 0 Å². The summed E-state index contributed by atoms with van der Waals surface area (Å²) in [7, 11) is -3.79. The van der Waals surface area contributed by atoms with Gasteiger partial charge in [0.15, 0.2) is 0 Å². The van der Waals surface area contributed by atoms with Gasteiger partial charge in [0.25, 0.3) is 10.1 Å². The van der Waals surface area contributed by atoms with Crippen molar-refractivity contribution in [1.82, 2.24) is 0 Å². The fourth-order valence-corrected chi connectivity index (χ4v) is 0.447. The van der Waals surface area contributed by atoms with Crippen LogP contribution in [0.25, 0.3) is 0 Å². The molecule has 0 saturated heterocycles. The Kier molecular flexibility index (Phi) is 5.36. The second-order valence-corrected chi connectivity index (χ2v) is 2.53. The van der Waals surface area contributed by atoms with Gasteiger partial charge >= 0.3 is 0 Å². The van der Waals surface area contributed by atoms with Gasteiger partial charge in [-0.05, 0) is 0 Å². The third-order valence-corrected chi connectivity index (χ3v) is 0.985. The maximum atomic E-state index is 9.72. The Bertz CT molecular complexity index is 146. The predicted molar refractivity (Wildman–Crippen MR) is 37.0 cm³/mol. The highest BCUT2D eigenvalue weighted by Crippen LogP contribution is 1.78. The van der Waals surface area contributed by atoms with Crippen LogP contribution in [0.1, 0.15) is 0 Å². The summed E-state index contributed by atoms with van der Waals surface area (Å²) in [5.41, 5.74) is 0. The molecule has 8 heavy (non-hydrogen) atoms. The van der Waals surface area contributed by atoms with Crippen molar-refractivity contribution < 1.29 is 13.0 Å². The van der Waals surface area contributed by atoms with Crippen LogP contribution in [0.2, 0.25) is 0 Å². The van der Waals surface area contributed by atoms with Gasteiger partial charge in [-0.25, -0.2) is 0 Å². The summed E-state index contributed by atoms with van der Waals surface area (Å²) in [6.07, 6.45) is 1.12. The lowest BCUT2D eigenvalue weighted by atomic mass is 10.8. The predicted octanol–water partition coefficient (Wildman–Crippen LogP) is 0.173. The lowest BCUT2D eigenvalue weighted by molar-refractivity contribution is 0.487. The SMILES string of the molecule is C=CCS(=O)(=O)O.S. The van der Waals surface area contributed by atoms with Crippen molar-refractivity contribution in [3.63, 3.8) is 0 Å². The molecule has 0 saturated carbocycles. The van der Waals surface area contributed by atoms with Crippen LogP contribution in [0, 0.1) is 0 Å². The molecule has 0 heterocycles. The van der Waals surface area contributed by atoms with E-state index in [2.05, 4.69) is 6.58 Å². The summed E-state index contributed by atoms with van der Waals surface area (Å²) in [4.78, 5) is 0. The average Bonchev–Trinajstić information content (AvgIpc) is 1.30. The minimum Gasteiger partial charge on any atom is -0.285 e. The molecule has 0 unspecified atom stereocenters. The molecule has 0 aliphatic heterocycles. The van der Waals surface area contributed by atoms with Crippen LogP contribution in [0.3, 0.4) is 0 Å². The van der Waals surface area contributed by atoms with Crippen LogP contribution in [0.15, 0.2) is 12.7 Å². The summed E-state index contributed by atoms with van der Waals surface area (Å²) in [5, 5.41) is 0. The summed E-state index contributed by atoms with van der Waals surface area (Å²) < 4.78 is 27.3. The van der Waals surface area contributed by atoms with Crippen LogP contribution in [-0.4, -0.2) is 18.7 Å². The first-order chi connectivity index (χ1) is 3.06. The second-order valence-electron chi connectivity index (χ2n) is 1.04. The molecule has 0 aromatic carbocycles. The molecule has 0 rings (SSSR count). The molecule has 0 bridgehead atoms. The smallest absolute Gasteiger partial charge is 0.268 e. The summed E-state index contributed by atoms with van der Waals surface area (Å²) in [6, 6.07) is 0. The van der Waals surface area contributed by atoms with Crippen LogP contribution >= 0.6 is 13.5 Å². The molecule has 5 heteroatoms. The molecule has 0 aromatic rings. The van der Waals surface area contributed by atoms with Crippen molar-refractivity contribution in [2.24, 2.45) is 0 Å². The zero-order valence-electron chi connectivity index (χ0n) is 4.16. The Morgan fingerprint density at radius 2 is 2.00 bits per heavy atom. The summed E-state index contributed by atoms with van der Waals surface area (Å²) >= 11 is 0. The van der Waals surface area contributed by atoms with E-state index in [1.165, 1.54) is 0 Å². The molecule has 0 aromatic heterocycles. The van der Waals surface area contributed by atoms with Crippen molar-refractivity contribution in [2.45, 2.75) is 0 Å². The molecule has 0 amide bonds. The van der Waals surface area contributed by atoms with E-state index in [-0.39, 0.29) is 19.2 Å². The second kappa shape index (κ2) is 3.94. The fraction of sp³-hybridized carbons (Fsp3) is 0.333. The van der Waals surface area contributed by atoms with E-state index in [1.54, 1.807) is 0 Å². The molecule has 0 spiro atoms. The largest absolute Gasteiger partial charge is 0.285 e. The molecular weight excluding hydrogens is 148 g/mol. The third-order valence-electron chi connectivity index (χ3n) is 0.328. The van der Waals surface area contributed by atoms with Crippen LogP contribution in [-0.2, 0) is 10.1 Å².